The lowest BCUT2D eigenvalue weighted by Crippen LogP contribution is -2.00. The molecule has 0 aliphatic rings. The van der Waals surface area contributed by atoms with Crippen LogP contribution in [0.5, 0.6) is 5.75 Å². The van der Waals surface area contributed by atoms with Crippen molar-refractivity contribution in [2.45, 2.75) is 0 Å². The smallest absolute Gasteiger partial charge is 0.236 e. The van der Waals surface area contributed by atoms with Crippen LogP contribution in [-0.2, 0) is 0 Å². The van der Waals surface area contributed by atoms with Gasteiger partial charge in [0.25, 0.3) is 0 Å². The Morgan fingerprint density at radius 2 is 2.33 bits per heavy atom. The average molecular weight is 163 g/mol. The van der Waals surface area contributed by atoms with Crippen LogP contribution in [0.3, 0.4) is 0 Å². The third-order valence-corrected chi connectivity index (χ3v) is 1.53. The van der Waals surface area contributed by atoms with E-state index in [4.69, 9.17) is 9.52 Å². The van der Waals surface area contributed by atoms with E-state index in [1.54, 1.807) is 12.1 Å². The predicted octanol–water partition coefficient (Wildman–Crippen LogP) is 0.894. The summed E-state index contributed by atoms with van der Waals surface area (Å²) in [7, 11) is 0. The molecule has 0 aliphatic carbocycles. The summed E-state index contributed by atoms with van der Waals surface area (Å²) in [6, 6.07) is 3.16. The summed E-state index contributed by atoms with van der Waals surface area (Å²) < 4.78 is 4.86. The quantitative estimate of drug-likeness (QED) is 0.626. The van der Waals surface area contributed by atoms with Gasteiger partial charge in [0.1, 0.15) is 6.26 Å². The molecule has 60 valence electrons. The molecular formula is C8H5NO3. The van der Waals surface area contributed by atoms with E-state index in [0.717, 1.165) is 6.26 Å². The Labute approximate surface area is 67.1 Å². The van der Waals surface area contributed by atoms with E-state index in [1.165, 1.54) is 6.20 Å². The van der Waals surface area contributed by atoms with Crippen molar-refractivity contribution < 1.29 is 9.52 Å². The van der Waals surface area contributed by atoms with Gasteiger partial charge in [0.15, 0.2) is 5.75 Å². The van der Waals surface area contributed by atoms with Crippen LogP contribution in [-0.4, -0.2) is 10.1 Å². The third kappa shape index (κ3) is 0.852. The van der Waals surface area contributed by atoms with Crippen molar-refractivity contribution in [2.75, 3.05) is 0 Å². The molecule has 2 aromatic heterocycles. The Bertz CT molecular complexity index is 475. The highest BCUT2D eigenvalue weighted by atomic mass is 16.4. The minimum absolute atomic E-state index is 0.236. The zero-order valence-electron chi connectivity index (χ0n) is 6.02. The maximum Gasteiger partial charge on any atom is 0.236 e. The van der Waals surface area contributed by atoms with Gasteiger partial charge < -0.3 is 9.52 Å². The van der Waals surface area contributed by atoms with Crippen LogP contribution >= 0.6 is 0 Å². The van der Waals surface area contributed by atoms with Crippen molar-refractivity contribution in [3.05, 3.63) is 34.8 Å². The van der Waals surface area contributed by atoms with Gasteiger partial charge in [-0.2, -0.15) is 0 Å². The molecule has 1 N–H and O–H groups in total. The Balaban J connectivity index is 3.01. The van der Waals surface area contributed by atoms with E-state index in [2.05, 4.69) is 4.98 Å². The van der Waals surface area contributed by atoms with Crippen molar-refractivity contribution in [3.63, 3.8) is 0 Å². The molecule has 0 amide bonds. The Hall–Kier alpha value is -1.84. The number of rotatable bonds is 0. The molecule has 0 saturated carbocycles. The number of nitrogens with zero attached hydrogens (tertiary/aromatic N) is 1. The van der Waals surface area contributed by atoms with E-state index in [0.29, 0.717) is 0 Å². The molecule has 2 heterocycles. The fraction of sp³-hybridized carbons (Fsp3) is 0. The van der Waals surface area contributed by atoms with Gasteiger partial charge >= 0.3 is 0 Å². The molecule has 0 atom stereocenters. The monoisotopic (exact) mass is 163 g/mol. The lowest BCUT2D eigenvalue weighted by Gasteiger charge is -1.93. The molecule has 4 nitrogen and oxygen atoms in total. The summed E-state index contributed by atoms with van der Waals surface area (Å²) >= 11 is 0. The first-order chi connectivity index (χ1) is 5.79. The van der Waals surface area contributed by atoms with Gasteiger partial charge in [0.2, 0.25) is 11.1 Å². The van der Waals surface area contributed by atoms with E-state index in [9.17, 15) is 4.79 Å². The fourth-order valence-electron chi connectivity index (χ4n) is 0.961. The zero-order valence-corrected chi connectivity index (χ0v) is 6.02. The van der Waals surface area contributed by atoms with Gasteiger partial charge in [-0.05, 0) is 12.1 Å². The first-order valence-corrected chi connectivity index (χ1v) is 3.34. The zero-order chi connectivity index (χ0) is 8.55. The van der Waals surface area contributed by atoms with Crippen LogP contribution in [0.4, 0.5) is 0 Å². The molecule has 4 heteroatoms. The summed E-state index contributed by atoms with van der Waals surface area (Å²) in [6.45, 7) is 0. The molecular weight excluding hydrogens is 158 g/mol. The fourth-order valence-corrected chi connectivity index (χ4v) is 0.961. The lowest BCUT2D eigenvalue weighted by atomic mass is 10.3. The normalized spacial score (nSPS) is 10.3. The van der Waals surface area contributed by atoms with Crippen LogP contribution in [0, 0.1) is 0 Å². The second-order valence-corrected chi connectivity index (χ2v) is 2.31. The number of aromatic hydroxyl groups is 1. The molecule has 0 radical (unpaired) electrons. The van der Waals surface area contributed by atoms with Crippen LogP contribution in [0.25, 0.3) is 11.1 Å². The van der Waals surface area contributed by atoms with Crippen molar-refractivity contribution >= 4 is 11.1 Å². The Kier molecular flexibility index (Phi) is 1.33. The van der Waals surface area contributed by atoms with Gasteiger partial charge in [0, 0.05) is 6.20 Å². The Morgan fingerprint density at radius 1 is 1.50 bits per heavy atom. The van der Waals surface area contributed by atoms with Crippen molar-refractivity contribution in [3.8, 4) is 5.75 Å². The molecule has 0 fully saturated rings. The van der Waals surface area contributed by atoms with Gasteiger partial charge in [-0.3, -0.25) is 4.79 Å². The average Bonchev–Trinajstić information content (AvgIpc) is 2.12. The standard InChI is InChI=1S/C8H5NO3/c10-6-4-12-8-5(7(6)11)2-1-3-9-8/h1-4,10H. The summed E-state index contributed by atoms with van der Waals surface area (Å²) in [5.74, 6) is -0.393. The Morgan fingerprint density at radius 3 is 3.17 bits per heavy atom. The van der Waals surface area contributed by atoms with Crippen LogP contribution < -0.4 is 5.43 Å². The number of pyridine rings is 1. The van der Waals surface area contributed by atoms with Gasteiger partial charge in [-0.15, -0.1) is 0 Å². The highest BCUT2D eigenvalue weighted by Gasteiger charge is 2.04. The molecule has 0 spiro atoms. The summed E-state index contributed by atoms with van der Waals surface area (Å²) in [4.78, 5) is 15.0. The summed E-state index contributed by atoms with van der Waals surface area (Å²) in [5.41, 5.74) is -0.218. The van der Waals surface area contributed by atoms with Crippen molar-refractivity contribution in [1.29, 1.82) is 0 Å². The van der Waals surface area contributed by atoms with Crippen molar-refractivity contribution in [2.24, 2.45) is 0 Å². The number of hydrogen-bond donors (Lipinski definition) is 1. The summed E-state index contributed by atoms with van der Waals surface area (Å²) in [5, 5.41) is 9.27. The van der Waals surface area contributed by atoms with E-state index in [-0.39, 0.29) is 11.1 Å². The molecule has 0 bridgehead atoms. The SMILES string of the molecule is O=c1c(O)coc2ncccc12. The first kappa shape index (κ1) is 6.84. The minimum Gasteiger partial charge on any atom is -0.502 e. The minimum atomic E-state index is -0.454. The number of aromatic nitrogens is 1. The van der Waals surface area contributed by atoms with E-state index in [1.807, 2.05) is 0 Å². The molecule has 0 aliphatic heterocycles. The number of fused-ring (bicyclic) bond motifs is 1. The topological polar surface area (TPSA) is 63.3 Å². The number of hydrogen-bond acceptors (Lipinski definition) is 4. The second kappa shape index (κ2) is 2.34. The van der Waals surface area contributed by atoms with E-state index >= 15 is 0 Å². The van der Waals surface area contributed by atoms with Crippen LogP contribution in [0.2, 0.25) is 0 Å². The highest BCUT2D eigenvalue weighted by molar-refractivity contribution is 5.73. The molecule has 0 saturated heterocycles. The van der Waals surface area contributed by atoms with Crippen LogP contribution in [0.15, 0.2) is 33.8 Å². The van der Waals surface area contributed by atoms with Gasteiger partial charge in [-0.25, -0.2) is 4.98 Å². The summed E-state index contributed by atoms with van der Waals surface area (Å²) in [6.07, 6.45) is 2.50. The lowest BCUT2D eigenvalue weighted by molar-refractivity contribution is 0.440. The molecule has 0 aromatic carbocycles. The first-order valence-electron chi connectivity index (χ1n) is 3.34. The molecule has 2 rings (SSSR count). The van der Waals surface area contributed by atoms with Gasteiger partial charge in [-0.1, -0.05) is 0 Å². The molecule has 2 aromatic rings. The molecule has 0 unspecified atom stereocenters. The maximum atomic E-state index is 11.2. The predicted molar refractivity (Wildman–Crippen MR) is 41.9 cm³/mol. The third-order valence-electron chi connectivity index (χ3n) is 1.53. The van der Waals surface area contributed by atoms with E-state index < -0.39 is 11.2 Å². The molecule has 12 heavy (non-hydrogen) atoms. The maximum absolute atomic E-state index is 11.2. The second-order valence-electron chi connectivity index (χ2n) is 2.31. The highest BCUT2D eigenvalue weighted by Crippen LogP contribution is 2.09. The largest absolute Gasteiger partial charge is 0.502 e. The van der Waals surface area contributed by atoms with Gasteiger partial charge in [0.05, 0.1) is 5.39 Å². The van der Waals surface area contributed by atoms with Crippen molar-refractivity contribution in [1.82, 2.24) is 4.98 Å². The van der Waals surface area contributed by atoms with Crippen LogP contribution in [0.1, 0.15) is 0 Å².